The van der Waals surface area contributed by atoms with E-state index in [0.717, 1.165) is 42.3 Å². The van der Waals surface area contributed by atoms with Crippen molar-refractivity contribution in [3.8, 4) is 0 Å². The number of aliphatic hydroxyl groups is 1. The van der Waals surface area contributed by atoms with Gasteiger partial charge in [-0.3, -0.25) is 0 Å². The van der Waals surface area contributed by atoms with Gasteiger partial charge in [0.1, 0.15) is 5.58 Å². The third-order valence-corrected chi connectivity index (χ3v) is 4.59. The summed E-state index contributed by atoms with van der Waals surface area (Å²) in [5.74, 6) is 0.346. The van der Waals surface area contributed by atoms with Crippen molar-refractivity contribution in [2.24, 2.45) is 5.92 Å². The van der Waals surface area contributed by atoms with Gasteiger partial charge in [0.15, 0.2) is 0 Å². The first-order valence-corrected chi connectivity index (χ1v) is 7.93. The van der Waals surface area contributed by atoms with Gasteiger partial charge >= 0.3 is 5.63 Å². The molecule has 1 heterocycles. The summed E-state index contributed by atoms with van der Waals surface area (Å²) in [4.78, 5) is 14.0. The van der Waals surface area contributed by atoms with E-state index in [1.807, 2.05) is 32.2 Å². The van der Waals surface area contributed by atoms with Crippen LogP contribution in [-0.2, 0) is 6.54 Å². The molecule has 0 aliphatic heterocycles. The minimum absolute atomic E-state index is 0.178. The molecule has 118 valence electrons. The van der Waals surface area contributed by atoms with Gasteiger partial charge in [-0.1, -0.05) is 18.6 Å². The van der Waals surface area contributed by atoms with Gasteiger partial charge in [0.05, 0.1) is 6.10 Å². The van der Waals surface area contributed by atoms with E-state index in [2.05, 4.69) is 4.90 Å². The van der Waals surface area contributed by atoms with Gasteiger partial charge < -0.3 is 14.4 Å². The number of hydrogen-bond donors (Lipinski definition) is 1. The largest absolute Gasteiger partial charge is 0.423 e. The average Bonchev–Trinajstić information content (AvgIpc) is 2.83. The van der Waals surface area contributed by atoms with Crippen LogP contribution in [0.5, 0.6) is 0 Å². The van der Waals surface area contributed by atoms with Crippen molar-refractivity contribution in [3.63, 3.8) is 0 Å². The van der Waals surface area contributed by atoms with E-state index in [9.17, 15) is 9.90 Å². The minimum Gasteiger partial charge on any atom is -0.423 e. The van der Waals surface area contributed by atoms with Crippen LogP contribution in [0, 0.1) is 12.8 Å². The Hall–Kier alpha value is -1.65. The van der Waals surface area contributed by atoms with Gasteiger partial charge in [0.2, 0.25) is 0 Å². The highest BCUT2D eigenvalue weighted by molar-refractivity contribution is 5.80. The Morgan fingerprint density at radius 2 is 2.14 bits per heavy atom. The van der Waals surface area contributed by atoms with Crippen molar-refractivity contribution in [3.05, 3.63) is 45.8 Å². The Kier molecular flexibility index (Phi) is 4.32. The average molecular weight is 301 g/mol. The van der Waals surface area contributed by atoms with Gasteiger partial charge in [-0.25, -0.2) is 4.79 Å². The molecule has 4 heteroatoms. The van der Waals surface area contributed by atoms with E-state index in [1.165, 1.54) is 0 Å². The molecule has 0 radical (unpaired) electrons. The van der Waals surface area contributed by atoms with Crippen molar-refractivity contribution in [2.45, 2.75) is 38.8 Å². The molecular formula is C18H23NO3. The number of aliphatic hydroxyl groups excluding tert-OH is 1. The van der Waals surface area contributed by atoms with E-state index in [1.54, 1.807) is 6.07 Å². The maximum absolute atomic E-state index is 11.8. The summed E-state index contributed by atoms with van der Waals surface area (Å²) in [6.07, 6.45) is 2.93. The Morgan fingerprint density at radius 3 is 2.86 bits per heavy atom. The highest BCUT2D eigenvalue weighted by atomic mass is 16.4. The normalized spacial score (nSPS) is 21.8. The lowest BCUT2D eigenvalue weighted by molar-refractivity contribution is 0.108. The lowest BCUT2D eigenvalue weighted by Gasteiger charge is -2.23. The van der Waals surface area contributed by atoms with E-state index >= 15 is 0 Å². The van der Waals surface area contributed by atoms with Crippen LogP contribution in [0.25, 0.3) is 11.0 Å². The summed E-state index contributed by atoms with van der Waals surface area (Å²) in [6.45, 7) is 3.53. The van der Waals surface area contributed by atoms with Crippen molar-refractivity contribution in [1.29, 1.82) is 0 Å². The third kappa shape index (κ3) is 3.23. The summed E-state index contributed by atoms with van der Waals surface area (Å²) >= 11 is 0. The first-order valence-electron chi connectivity index (χ1n) is 7.93. The molecule has 1 aromatic carbocycles. The fourth-order valence-electron chi connectivity index (χ4n) is 3.45. The van der Waals surface area contributed by atoms with Crippen LogP contribution in [0.15, 0.2) is 33.5 Å². The number of hydrogen-bond acceptors (Lipinski definition) is 4. The molecule has 0 spiro atoms. The molecule has 0 saturated heterocycles. The Morgan fingerprint density at radius 1 is 1.32 bits per heavy atom. The summed E-state index contributed by atoms with van der Waals surface area (Å²) in [5.41, 5.74) is 2.41. The molecule has 1 N–H and O–H groups in total. The second-order valence-corrected chi connectivity index (χ2v) is 6.55. The zero-order valence-corrected chi connectivity index (χ0v) is 13.2. The van der Waals surface area contributed by atoms with Crippen molar-refractivity contribution >= 4 is 11.0 Å². The van der Waals surface area contributed by atoms with E-state index < -0.39 is 0 Å². The topological polar surface area (TPSA) is 53.7 Å². The van der Waals surface area contributed by atoms with Gasteiger partial charge in [-0.15, -0.1) is 0 Å². The SMILES string of the molecule is Cc1ccc2c(CN(C)CC3CCCC3O)cc(=O)oc2c1. The molecular weight excluding hydrogens is 278 g/mol. The second kappa shape index (κ2) is 6.23. The molecule has 2 unspecified atom stereocenters. The third-order valence-electron chi connectivity index (χ3n) is 4.59. The fraction of sp³-hybridized carbons (Fsp3) is 0.500. The molecule has 1 saturated carbocycles. The predicted molar refractivity (Wildman–Crippen MR) is 86.9 cm³/mol. The monoisotopic (exact) mass is 301 g/mol. The zero-order valence-electron chi connectivity index (χ0n) is 13.2. The van der Waals surface area contributed by atoms with Crippen molar-refractivity contribution in [1.82, 2.24) is 4.90 Å². The van der Waals surface area contributed by atoms with Crippen molar-refractivity contribution in [2.75, 3.05) is 13.6 Å². The molecule has 0 amide bonds. The first-order chi connectivity index (χ1) is 10.5. The Balaban J connectivity index is 1.82. The van der Waals surface area contributed by atoms with Crippen LogP contribution in [0.3, 0.4) is 0 Å². The molecule has 3 rings (SSSR count). The Bertz CT molecular complexity index is 722. The maximum Gasteiger partial charge on any atom is 0.336 e. The molecule has 1 aromatic heterocycles. The van der Waals surface area contributed by atoms with E-state index in [4.69, 9.17) is 4.42 Å². The van der Waals surface area contributed by atoms with E-state index in [-0.39, 0.29) is 11.7 Å². The molecule has 2 aromatic rings. The minimum atomic E-state index is -0.303. The predicted octanol–water partition coefficient (Wildman–Crippen LogP) is 2.69. The highest BCUT2D eigenvalue weighted by Gasteiger charge is 2.26. The fourth-order valence-corrected chi connectivity index (χ4v) is 3.45. The van der Waals surface area contributed by atoms with E-state index in [0.29, 0.717) is 18.0 Å². The molecule has 1 aliphatic carbocycles. The summed E-state index contributed by atoms with van der Waals surface area (Å²) in [6, 6.07) is 7.54. The smallest absolute Gasteiger partial charge is 0.336 e. The molecule has 22 heavy (non-hydrogen) atoms. The van der Waals surface area contributed by atoms with Gasteiger partial charge in [-0.2, -0.15) is 0 Å². The van der Waals surface area contributed by atoms with Crippen LogP contribution in [-0.4, -0.2) is 29.7 Å². The van der Waals surface area contributed by atoms with Gasteiger partial charge in [0.25, 0.3) is 0 Å². The number of rotatable bonds is 4. The van der Waals surface area contributed by atoms with Crippen LogP contribution in [0.4, 0.5) is 0 Å². The number of benzene rings is 1. The number of fused-ring (bicyclic) bond motifs is 1. The van der Waals surface area contributed by atoms with Crippen LogP contribution in [0.2, 0.25) is 0 Å². The summed E-state index contributed by atoms with van der Waals surface area (Å²) in [7, 11) is 2.04. The first kappa shape index (κ1) is 15.3. The quantitative estimate of drug-likeness (QED) is 0.882. The van der Waals surface area contributed by atoms with Crippen LogP contribution < -0.4 is 5.63 Å². The highest BCUT2D eigenvalue weighted by Crippen LogP contribution is 2.27. The summed E-state index contributed by atoms with van der Waals surface area (Å²) < 4.78 is 5.30. The molecule has 1 aliphatic rings. The lowest BCUT2D eigenvalue weighted by atomic mass is 10.0. The molecule has 0 bridgehead atoms. The zero-order chi connectivity index (χ0) is 15.7. The standard InChI is InChI=1S/C18H23NO3/c1-12-6-7-15-14(9-18(21)22-17(15)8-12)11-19(2)10-13-4-3-5-16(13)20/h6-9,13,16,20H,3-5,10-11H2,1-2H3. The molecule has 2 atom stereocenters. The molecule has 4 nitrogen and oxygen atoms in total. The number of nitrogens with zero attached hydrogens (tertiary/aromatic N) is 1. The molecule has 1 fully saturated rings. The van der Waals surface area contributed by atoms with Crippen LogP contribution in [0.1, 0.15) is 30.4 Å². The number of aryl methyl sites for hydroxylation is 1. The van der Waals surface area contributed by atoms with Gasteiger partial charge in [-0.05, 0) is 49.9 Å². The second-order valence-electron chi connectivity index (χ2n) is 6.55. The maximum atomic E-state index is 11.8. The Labute approximate surface area is 130 Å². The van der Waals surface area contributed by atoms with Gasteiger partial charge in [0, 0.05) is 24.5 Å². The summed E-state index contributed by atoms with van der Waals surface area (Å²) in [5, 5.41) is 10.9. The van der Waals surface area contributed by atoms with Crippen LogP contribution >= 0.6 is 0 Å². The lowest BCUT2D eigenvalue weighted by Crippen LogP contribution is -2.29. The van der Waals surface area contributed by atoms with Crippen molar-refractivity contribution < 1.29 is 9.52 Å².